The number of ketones is 1. The maximum Gasteiger partial charge on any atom is 0.327 e. The van der Waals surface area contributed by atoms with Gasteiger partial charge in [-0.05, 0) is 57.1 Å². The van der Waals surface area contributed by atoms with Crippen LogP contribution >= 0.6 is 0 Å². The molecule has 1 aromatic heterocycles. The maximum atomic E-state index is 13.4. The van der Waals surface area contributed by atoms with E-state index >= 15 is 0 Å². The third-order valence-corrected chi connectivity index (χ3v) is 7.09. The minimum absolute atomic E-state index is 0.00416. The molecule has 0 saturated carbocycles. The minimum Gasteiger partial charge on any atom is -0.337 e. The predicted octanol–water partition coefficient (Wildman–Crippen LogP) is 4.25. The van der Waals surface area contributed by atoms with Crippen molar-refractivity contribution in [2.75, 3.05) is 44.2 Å². The van der Waals surface area contributed by atoms with Crippen LogP contribution in [0, 0.1) is 0 Å². The molecular weight excluding hydrogens is 426 g/mol. The van der Waals surface area contributed by atoms with Gasteiger partial charge >= 0.3 is 6.03 Å². The van der Waals surface area contributed by atoms with Crippen LogP contribution in [-0.2, 0) is 6.42 Å². The van der Waals surface area contributed by atoms with Crippen LogP contribution in [0.4, 0.5) is 16.3 Å². The quantitative estimate of drug-likeness (QED) is 0.593. The Kier molecular flexibility index (Phi) is 8.29. The number of nitrogens with one attached hydrogen (secondary N) is 1. The summed E-state index contributed by atoms with van der Waals surface area (Å²) in [5, 5.41) is 3.09. The average Bonchev–Trinajstić information content (AvgIpc) is 2.99. The van der Waals surface area contributed by atoms with Gasteiger partial charge in [-0.25, -0.2) is 14.7 Å². The SMILES string of the molecule is CCN(CC)CC1CCCCN1CCCNC(=O)N1c2ccccc2C(=O)Cc2cccnc21. The molecule has 0 bridgehead atoms. The molecule has 3 heterocycles. The number of aromatic nitrogens is 1. The van der Waals surface area contributed by atoms with E-state index in [1.54, 1.807) is 17.2 Å². The molecule has 0 spiro atoms. The standard InChI is InChI=1S/C27H37N5O2/c1-3-30(4-2)20-22-12-7-8-17-31(22)18-10-16-29-27(34)32-24-14-6-5-13-23(24)25(33)19-21-11-9-15-28-26(21)32/h5-6,9,11,13-15,22H,3-4,7-8,10,12,16-20H2,1-2H3,(H,29,34). The molecule has 1 fully saturated rings. The van der Waals surface area contributed by atoms with Gasteiger partial charge in [0.25, 0.3) is 0 Å². The van der Waals surface area contributed by atoms with Crippen molar-refractivity contribution in [1.29, 1.82) is 0 Å². The smallest absolute Gasteiger partial charge is 0.327 e. The molecule has 182 valence electrons. The van der Waals surface area contributed by atoms with E-state index in [4.69, 9.17) is 0 Å². The van der Waals surface area contributed by atoms with Gasteiger partial charge in [-0.1, -0.05) is 38.5 Å². The first-order valence-corrected chi connectivity index (χ1v) is 12.7. The first-order chi connectivity index (χ1) is 16.6. The molecule has 1 unspecified atom stereocenters. The molecule has 1 aromatic carbocycles. The molecule has 7 nitrogen and oxygen atoms in total. The zero-order chi connectivity index (χ0) is 23.9. The third-order valence-electron chi connectivity index (χ3n) is 7.09. The van der Waals surface area contributed by atoms with Gasteiger partial charge in [-0.3, -0.25) is 9.69 Å². The van der Waals surface area contributed by atoms with Crippen molar-refractivity contribution in [1.82, 2.24) is 20.1 Å². The number of fused-ring (bicyclic) bond motifs is 2. The van der Waals surface area contributed by atoms with E-state index in [0.717, 1.165) is 44.7 Å². The fraction of sp³-hybridized carbons (Fsp3) is 0.519. The summed E-state index contributed by atoms with van der Waals surface area (Å²) in [6.45, 7) is 10.5. The van der Waals surface area contributed by atoms with Gasteiger partial charge < -0.3 is 10.2 Å². The monoisotopic (exact) mass is 463 g/mol. The largest absolute Gasteiger partial charge is 0.337 e. The zero-order valence-electron chi connectivity index (χ0n) is 20.5. The molecule has 2 aliphatic rings. The molecule has 4 rings (SSSR count). The highest BCUT2D eigenvalue weighted by molar-refractivity contribution is 6.11. The number of para-hydroxylation sites is 1. The molecule has 1 N–H and O–H groups in total. The van der Waals surface area contributed by atoms with Crippen LogP contribution in [0.3, 0.4) is 0 Å². The summed E-state index contributed by atoms with van der Waals surface area (Å²) in [6, 6.07) is 11.4. The van der Waals surface area contributed by atoms with Crippen LogP contribution in [-0.4, -0.2) is 71.9 Å². The second kappa shape index (κ2) is 11.6. The van der Waals surface area contributed by atoms with Gasteiger partial charge in [0.05, 0.1) is 5.69 Å². The van der Waals surface area contributed by atoms with Crippen LogP contribution in [0.1, 0.15) is 55.5 Å². The summed E-state index contributed by atoms with van der Waals surface area (Å²) in [5.74, 6) is 0.540. The lowest BCUT2D eigenvalue weighted by atomic mass is 10.0. The lowest BCUT2D eigenvalue weighted by Gasteiger charge is -2.38. The molecule has 2 aliphatic heterocycles. The summed E-state index contributed by atoms with van der Waals surface area (Å²) in [6.07, 6.45) is 6.62. The first-order valence-electron chi connectivity index (χ1n) is 12.7. The van der Waals surface area contributed by atoms with Crippen LogP contribution in [0.2, 0.25) is 0 Å². The average molecular weight is 464 g/mol. The number of rotatable bonds is 8. The molecule has 0 radical (unpaired) electrons. The number of benzene rings is 1. The van der Waals surface area contributed by atoms with Gasteiger partial charge in [-0.15, -0.1) is 0 Å². The Balaban J connectivity index is 1.40. The number of pyridine rings is 1. The summed E-state index contributed by atoms with van der Waals surface area (Å²) >= 11 is 0. The van der Waals surface area contributed by atoms with Crippen LogP contribution in [0.15, 0.2) is 42.6 Å². The van der Waals surface area contributed by atoms with Crippen LogP contribution in [0.5, 0.6) is 0 Å². The molecule has 2 aromatic rings. The number of urea groups is 1. The zero-order valence-corrected chi connectivity index (χ0v) is 20.5. The van der Waals surface area contributed by atoms with Crippen molar-refractivity contribution in [3.05, 3.63) is 53.7 Å². The van der Waals surface area contributed by atoms with Crippen molar-refractivity contribution < 1.29 is 9.59 Å². The molecule has 0 aliphatic carbocycles. The van der Waals surface area contributed by atoms with Gasteiger partial charge in [-0.2, -0.15) is 0 Å². The number of amides is 2. The second-order valence-electron chi connectivity index (χ2n) is 9.20. The Labute approximate surface area is 203 Å². The van der Waals surface area contributed by atoms with Gasteiger partial charge in [0.1, 0.15) is 5.82 Å². The van der Waals surface area contributed by atoms with E-state index in [0.29, 0.717) is 29.7 Å². The summed E-state index contributed by atoms with van der Waals surface area (Å²) in [7, 11) is 0. The predicted molar refractivity (Wildman–Crippen MR) is 136 cm³/mol. The Morgan fingerprint density at radius 3 is 2.79 bits per heavy atom. The van der Waals surface area contributed by atoms with E-state index in [9.17, 15) is 9.59 Å². The van der Waals surface area contributed by atoms with Gasteiger partial charge in [0.2, 0.25) is 0 Å². The molecule has 34 heavy (non-hydrogen) atoms. The number of carbonyl (C=O) groups excluding carboxylic acids is 2. The van der Waals surface area contributed by atoms with Crippen molar-refractivity contribution in [3.63, 3.8) is 0 Å². The van der Waals surface area contributed by atoms with Crippen LogP contribution in [0.25, 0.3) is 0 Å². The number of carbonyl (C=O) groups is 2. The molecular formula is C27H37N5O2. The van der Waals surface area contributed by atoms with E-state index in [2.05, 4.69) is 33.9 Å². The highest BCUT2D eigenvalue weighted by atomic mass is 16.2. The van der Waals surface area contributed by atoms with Crippen molar-refractivity contribution >= 4 is 23.3 Å². The second-order valence-corrected chi connectivity index (χ2v) is 9.20. The van der Waals surface area contributed by atoms with Gasteiger partial charge in [0.15, 0.2) is 5.78 Å². The highest BCUT2D eigenvalue weighted by Gasteiger charge is 2.30. The number of likely N-dealkylation sites (tertiary alicyclic amines) is 1. The number of nitrogens with zero attached hydrogens (tertiary/aromatic N) is 4. The Morgan fingerprint density at radius 1 is 1.15 bits per heavy atom. The van der Waals surface area contributed by atoms with Crippen molar-refractivity contribution in [2.24, 2.45) is 0 Å². The lowest BCUT2D eigenvalue weighted by molar-refractivity contribution is 0.0994. The highest BCUT2D eigenvalue weighted by Crippen LogP contribution is 2.34. The number of piperidine rings is 1. The number of hydrogen-bond donors (Lipinski definition) is 1. The summed E-state index contributed by atoms with van der Waals surface area (Å²) in [5.41, 5.74) is 1.92. The van der Waals surface area contributed by atoms with E-state index in [1.165, 1.54) is 19.3 Å². The topological polar surface area (TPSA) is 68.8 Å². The molecule has 1 saturated heterocycles. The van der Waals surface area contributed by atoms with E-state index in [-0.39, 0.29) is 18.2 Å². The minimum atomic E-state index is -0.236. The number of hydrogen-bond acceptors (Lipinski definition) is 5. The van der Waals surface area contributed by atoms with Crippen LogP contribution < -0.4 is 10.2 Å². The van der Waals surface area contributed by atoms with Crippen molar-refractivity contribution in [2.45, 2.75) is 52.0 Å². The van der Waals surface area contributed by atoms with E-state index < -0.39 is 0 Å². The fourth-order valence-electron chi connectivity index (χ4n) is 5.16. The number of Topliss-reactive ketones (excluding diaryl/α,β-unsaturated/α-hetero) is 1. The Hall–Kier alpha value is -2.77. The Bertz CT molecular complexity index is 990. The molecule has 1 atom stereocenters. The normalized spacial score (nSPS) is 18.4. The van der Waals surface area contributed by atoms with Gasteiger partial charge in [0, 0.05) is 49.4 Å². The maximum absolute atomic E-state index is 13.4. The third kappa shape index (κ3) is 5.47. The first kappa shape index (κ1) is 24.4. The summed E-state index contributed by atoms with van der Waals surface area (Å²) < 4.78 is 0. The van der Waals surface area contributed by atoms with E-state index in [1.807, 2.05) is 30.3 Å². The Morgan fingerprint density at radius 2 is 1.97 bits per heavy atom. The fourth-order valence-corrected chi connectivity index (χ4v) is 5.16. The molecule has 2 amide bonds. The lowest BCUT2D eigenvalue weighted by Crippen LogP contribution is -2.47. The van der Waals surface area contributed by atoms with Crippen molar-refractivity contribution in [3.8, 4) is 0 Å². The molecule has 7 heteroatoms. The number of likely N-dealkylation sites (N-methyl/N-ethyl adjacent to an activating group) is 1. The summed E-state index contributed by atoms with van der Waals surface area (Å²) in [4.78, 5) is 37.3. The number of anilines is 2.